The fraction of sp³-hybridized carbons (Fsp3) is 0.185. The molecule has 2 fully saturated rings. The Hall–Kier alpha value is -4.84. The number of benzene rings is 1. The van der Waals surface area contributed by atoms with E-state index in [9.17, 15) is 4.79 Å². The molecule has 200 valence electrons. The Kier molecular flexibility index (Phi) is 5.70. The van der Waals surface area contributed by atoms with Crippen molar-refractivity contribution in [3.63, 3.8) is 0 Å². The Morgan fingerprint density at radius 2 is 2.02 bits per heavy atom. The first-order valence-corrected chi connectivity index (χ1v) is 12.9. The molecule has 1 amide bonds. The average Bonchev–Trinajstić information content (AvgIpc) is 3.71. The Balaban J connectivity index is 1.15. The zero-order valence-corrected chi connectivity index (χ0v) is 21.7. The lowest BCUT2D eigenvalue weighted by Gasteiger charge is -2.34. The molecule has 2 bridgehead atoms. The average molecular weight is 558 g/mol. The van der Waals surface area contributed by atoms with E-state index in [1.54, 1.807) is 22.8 Å². The number of nitrogens with one attached hydrogen (secondary N) is 1. The maximum atomic E-state index is 15.2. The van der Waals surface area contributed by atoms with Gasteiger partial charge in [0.1, 0.15) is 41.3 Å². The molecule has 0 spiro atoms. The molecule has 2 aliphatic rings. The topological polar surface area (TPSA) is 114 Å². The van der Waals surface area contributed by atoms with E-state index in [0.717, 1.165) is 12.2 Å². The zero-order chi connectivity index (χ0) is 27.4. The highest BCUT2D eigenvalue weighted by Gasteiger charge is 2.45. The summed E-state index contributed by atoms with van der Waals surface area (Å²) in [5, 5.41) is 7.26. The zero-order valence-electron chi connectivity index (χ0n) is 20.9. The number of rotatable bonds is 6. The molecule has 6 heterocycles. The van der Waals surface area contributed by atoms with Crippen LogP contribution in [0.2, 0.25) is 5.02 Å². The van der Waals surface area contributed by atoms with E-state index in [0.29, 0.717) is 41.3 Å². The van der Waals surface area contributed by atoms with Gasteiger partial charge in [-0.25, -0.2) is 28.8 Å². The van der Waals surface area contributed by atoms with Gasteiger partial charge in [-0.3, -0.25) is 4.79 Å². The van der Waals surface area contributed by atoms with Gasteiger partial charge in [-0.1, -0.05) is 18.2 Å². The van der Waals surface area contributed by atoms with Crippen LogP contribution >= 0.6 is 11.6 Å². The van der Waals surface area contributed by atoms with Crippen LogP contribution in [0.25, 0.3) is 16.7 Å². The van der Waals surface area contributed by atoms with Crippen molar-refractivity contribution in [3.05, 3.63) is 78.7 Å². The van der Waals surface area contributed by atoms with Gasteiger partial charge in [0.2, 0.25) is 5.91 Å². The first kappa shape index (κ1) is 24.2. The maximum Gasteiger partial charge on any atom is 0.246 e. The van der Waals surface area contributed by atoms with Gasteiger partial charge >= 0.3 is 0 Å². The van der Waals surface area contributed by atoms with Crippen molar-refractivity contribution in [1.82, 2.24) is 34.4 Å². The summed E-state index contributed by atoms with van der Waals surface area (Å²) in [6.07, 6.45) is 6.73. The number of piperazine rings is 1. The number of ether oxygens (including phenoxy) is 1. The molecule has 2 saturated heterocycles. The standard InChI is InChI=1S/C27H21ClFN9O2/c1-2-25(39)37-12-15-7-16(37)11-36(15)23-4-3-20-26(35-23)27(32-13-30-20)34-21-9-18(28)22(10-19(21)29)40-17-5-6-38-24(8-17)31-14-33-38/h2-6,8-10,13-16H,1,7,11-12H2,(H,30,32,34)/t15-,16-/m0/s1. The number of hydrogen-bond acceptors (Lipinski definition) is 9. The summed E-state index contributed by atoms with van der Waals surface area (Å²) >= 11 is 6.47. The van der Waals surface area contributed by atoms with Crippen molar-refractivity contribution in [2.24, 2.45) is 0 Å². The summed E-state index contributed by atoms with van der Waals surface area (Å²) in [4.78, 5) is 33.8. The van der Waals surface area contributed by atoms with E-state index in [2.05, 4.69) is 36.8 Å². The van der Waals surface area contributed by atoms with Gasteiger partial charge in [0, 0.05) is 31.4 Å². The van der Waals surface area contributed by atoms with Crippen LogP contribution in [0.15, 0.2) is 67.9 Å². The van der Waals surface area contributed by atoms with E-state index in [4.69, 9.17) is 21.3 Å². The van der Waals surface area contributed by atoms with Gasteiger partial charge in [-0.05, 0) is 36.8 Å². The summed E-state index contributed by atoms with van der Waals surface area (Å²) in [5.74, 6) is 1.03. The summed E-state index contributed by atoms with van der Waals surface area (Å²) in [5.41, 5.74) is 1.78. The third-order valence-corrected chi connectivity index (χ3v) is 7.51. The number of carbonyl (C=O) groups is 1. The number of amides is 1. The van der Waals surface area contributed by atoms with Gasteiger partial charge in [-0.2, -0.15) is 5.10 Å². The number of pyridine rings is 2. The van der Waals surface area contributed by atoms with Crippen LogP contribution in [0.5, 0.6) is 11.5 Å². The second-order valence-corrected chi connectivity index (χ2v) is 9.97. The van der Waals surface area contributed by atoms with Crippen LogP contribution in [0.1, 0.15) is 6.42 Å². The number of aromatic nitrogens is 6. The highest BCUT2D eigenvalue weighted by molar-refractivity contribution is 6.32. The minimum absolute atomic E-state index is 0.0491. The first-order valence-electron chi connectivity index (χ1n) is 12.5. The van der Waals surface area contributed by atoms with Crippen molar-refractivity contribution in [2.75, 3.05) is 23.3 Å². The van der Waals surface area contributed by atoms with E-state index in [-0.39, 0.29) is 34.5 Å². The Labute approximate surface area is 231 Å². The lowest BCUT2D eigenvalue weighted by Crippen LogP contribution is -2.48. The van der Waals surface area contributed by atoms with Crippen LogP contribution in [-0.2, 0) is 4.79 Å². The Morgan fingerprint density at radius 3 is 2.85 bits per heavy atom. The third-order valence-electron chi connectivity index (χ3n) is 7.21. The van der Waals surface area contributed by atoms with E-state index >= 15 is 4.39 Å². The van der Waals surface area contributed by atoms with Gasteiger partial charge in [0.05, 0.1) is 28.3 Å². The van der Waals surface area contributed by atoms with Gasteiger partial charge in [-0.15, -0.1) is 0 Å². The fourth-order valence-electron chi connectivity index (χ4n) is 5.33. The summed E-state index contributed by atoms with van der Waals surface area (Å²) < 4.78 is 22.6. The molecule has 40 heavy (non-hydrogen) atoms. The van der Waals surface area contributed by atoms with Crippen LogP contribution in [0.3, 0.4) is 0 Å². The minimum Gasteiger partial charge on any atom is -0.455 e. The molecule has 4 aromatic heterocycles. The summed E-state index contributed by atoms with van der Waals surface area (Å²) in [6, 6.07) is 10.0. The minimum atomic E-state index is -0.588. The third kappa shape index (κ3) is 4.13. The molecule has 1 N–H and O–H groups in total. The SMILES string of the molecule is C=CC(=O)N1C[C@@H]2C[C@H]1CN2c1ccc2ncnc(Nc3cc(Cl)c(Oc4ccn5ncnc5c4)cc3F)c2n1. The lowest BCUT2D eigenvalue weighted by atomic mass is 10.2. The smallest absolute Gasteiger partial charge is 0.246 e. The molecule has 0 radical (unpaired) electrons. The van der Waals surface area contributed by atoms with Gasteiger partial charge in [0.15, 0.2) is 11.5 Å². The molecule has 11 nitrogen and oxygen atoms in total. The second-order valence-electron chi connectivity index (χ2n) is 9.56. The van der Waals surface area contributed by atoms with E-state index in [1.807, 2.05) is 17.0 Å². The van der Waals surface area contributed by atoms with Crippen molar-refractivity contribution in [2.45, 2.75) is 18.5 Å². The number of carbonyl (C=O) groups excluding carboxylic acids is 1. The van der Waals surface area contributed by atoms with Crippen LogP contribution < -0.4 is 15.0 Å². The second kappa shape index (κ2) is 9.42. The number of hydrogen-bond donors (Lipinski definition) is 1. The number of fused-ring (bicyclic) bond motifs is 4. The lowest BCUT2D eigenvalue weighted by molar-refractivity contribution is -0.127. The molecule has 0 aliphatic carbocycles. The molecule has 2 aliphatic heterocycles. The quantitative estimate of drug-likeness (QED) is 0.304. The predicted octanol–water partition coefficient (Wildman–Crippen LogP) is 4.37. The molecule has 2 atom stereocenters. The molecular weight excluding hydrogens is 537 g/mol. The molecule has 5 aromatic rings. The number of likely N-dealkylation sites (tertiary alicyclic amines) is 1. The van der Waals surface area contributed by atoms with Crippen molar-refractivity contribution < 1.29 is 13.9 Å². The van der Waals surface area contributed by atoms with Gasteiger partial charge < -0.3 is 19.9 Å². The molecule has 0 saturated carbocycles. The largest absolute Gasteiger partial charge is 0.455 e. The molecular formula is C27H21ClFN9O2. The van der Waals surface area contributed by atoms with E-state index in [1.165, 1.54) is 30.9 Å². The highest BCUT2D eigenvalue weighted by Crippen LogP contribution is 2.37. The predicted molar refractivity (Wildman–Crippen MR) is 147 cm³/mol. The first-order chi connectivity index (χ1) is 19.5. The summed E-state index contributed by atoms with van der Waals surface area (Å²) in [6.45, 7) is 4.90. The van der Waals surface area contributed by atoms with Crippen molar-refractivity contribution in [3.8, 4) is 11.5 Å². The molecule has 1 aromatic carbocycles. The van der Waals surface area contributed by atoms with E-state index < -0.39 is 5.82 Å². The van der Waals surface area contributed by atoms with Crippen LogP contribution in [0.4, 0.5) is 21.7 Å². The number of nitrogens with zero attached hydrogens (tertiary/aromatic N) is 8. The molecule has 13 heteroatoms. The highest BCUT2D eigenvalue weighted by atomic mass is 35.5. The molecule has 7 rings (SSSR count). The normalized spacial score (nSPS) is 18.1. The van der Waals surface area contributed by atoms with Crippen molar-refractivity contribution in [1.29, 1.82) is 0 Å². The number of halogens is 2. The van der Waals surface area contributed by atoms with Crippen LogP contribution in [-0.4, -0.2) is 65.5 Å². The number of anilines is 3. The molecule has 0 unspecified atom stereocenters. The Morgan fingerprint density at radius 1 is 1.12 bits per heavy atom. The van der Waals surface area contributed by atoms with Crippen LogP contribution in [0, 0.1) is 5.82 Å². The maximum absolute atomic E-state index is 15.2. The van der Waals surface area contributed by atoms with Gasteiger partial charge in [0.25, 0.3) is 0 Å². The monoisotopic (exact) mass is 557 g/mol. The Bertz CT molecular complexity index is 1810. The summed E-state index contributed by atoms with van der Waals surface area (Å²) in [7, 11) is 0. The van der Waals surface area contributed by atoms with Crippen molar-refractivity contribution >= 4 is 51.5 Å². The fourth-order valence-corrected chi connectivity index (χ4v) is 5.54.